The number of carbonyl (C=O) groups is 2. The van der Waals surface area contributed by atoms with E-state index in [-0.39, 0.29) is 5.78 Å². The van der Waals surface area contributed by atoms with Crippen molar-refractivity contribution in [2.24, 2.45) is 5.73 Å². The molecule has 0 saturated carbocycles. The SMILES string of the molecule is CC(=O)CCCNC(N)=O. The van der Waals surface area contributed by atoms with E-state index in [0.29, 0.717) is 19.4 Å². The number of nitrogens with one attached hydrogen (secondary N) is 1. The highest BCUT2D eigenvalue weighted by molar-refractivity contribution is 5.75. The van der Waals surface area contributed by atoms with E-state index in [2.05, 4.69) is 5.32 Å². The zero-order chi connectivity index (χ0) is 7.98. The largest absolute Gasteiger partial charge is 0.352 e. The van der Waals surface area contributed by atoms with Gasteiger partial charge in [0, 0.05) is 13.0 Å². The van der Waals surface area contributed by atoms with Gasteiger partial charge in [0.15, 0.2) is 0 Å². The van der Waals surface area contributed by atoms with Crippen LogP contribution in [0.1, 0.15) is 19.8 Å². The van der Waals surface area contributed by atoms with E-state index < -0.39 is 6.03 Å². The first-order valence-corrected chi connectivity index (χ1v) is 3.15. The summed E-state index contributed by atoms with van der Waals surface area (Å²) in [6.07, 6.45) is 1.17. The van der Waals surface area contributed by atoms with E-state index in [0.717, 1.165) is 0 Å². The molecule has 0 aromatic carbocycles. The van der Waals surface area contributed by atoms with Gasteiger partial charge < -0.3 is 15.8 Å². The second-order valence-corrected chi connectivity index (χ2v) is 2.10. The summed E-state index contributed by atoms with van der Waals surface area (Å²) in [6.45, 7) is 2.00. The highest BCUT2D eigenvalue weighted by Crippen LogP contribution is 1.86. The summed E-state index contributed by atoms with van der Waals surface area (Å²) in [5, 5.41) is 2.39. The second kappa shape index (κ2) is 4.78. The Kier molecular flexibility index (Phi) is 4.28. The van der Waals surface area contributed by atoms with Crippen molar-refractivity contribution in [2.45, 2.75) is 19.8 Å². The van der Waals surface area contributed by atoms with Gasteiger partial charge in [-0.05, 0) is 13.3 Å². The number of amides is 2. The molecule has 0 fully saturated rings. The fourth-order valence-corrected chi connectivity index (χ4v) is 0.549. The molecule has 4 nitrogen and oxygen atoms in total. The lowest BCUT2D eigenvalue weighted by molar-refractivity contribution is -0.117. The first-order valence-electron chi connectivity index (χ1n) is 3.15. The molecule has 0 radical (unpaired) electrons. The van der Waals surface area contributed by atoms with Gasteiger partial charge in [0.1, 0.15) is 5.78 Å². The van der Waals surface area contributed by atoms with Crippen molar-refractivity contribution < 1.29 is 9.59 Å². The van der Waals surface area contributed by atoms with E-state index in [1.807, 2.05) is 0 Å². The summed E-state index contributed by atoms with van der Waals surface area (Å²) in [5.41, 5.74) is 4.77. The van der Waals surface area contributed by atoms with Crippen LogP contribution >= 0.6 is 0 Å². The monoisotopic (exact) mass is 144 g/mol. The maximum atomic E-state index is 10.3. The molecule has 10 heavy (non-hydrogen) atoms. The highest BCUT2D eigenvalue weighted by atomic mass is 16.2. The van der Waals surface area contributed by atoms with Crippen LogP contribution in [0.25, 0.3) is 0 Å². The molecule has 4 heteroatoms. The predicted octanol–water partition coefficient (Wildman–Crippen LogP) is 0.0239. The van der Waals surface area contributed by atoms with Crippen LogP contribution in [0.4, 0.5) is 4.79 Å². The van der Waals surface area contributed by atoms with Crippen LogP contribution in [0.5, 0.6) is 0 Å². The van der Waals surface area contributed by atoms with Gasteiger partial charge in [-0.1, -0.05) is 0 Å². The predicted molar refractivity (Wildman–Crippen MR) is 37.5 cm³/mol. The molecule has 58 valence electrons. The van der Waals surface area contributed by atoms with Crippen LogP contribution in [0.2, 0.25) is 0 Å². The summed E-state index contributed by atoms with van der Waals surface area (Å²) in [4.78, 5) is 20.4. The van der Waals surface area contributed by atoms with Crippen molar-refractivity contribution in [2.75, 3.05) is 6.54 Å². The molecule has 0 unspecified atom stereocenters. The summed E-state index contributed by atoms with van der Waals surface area (Å²) in [5.74, 6) is 0.131. The maximum Gasteiger partial charge on any atom is 0.312 e. The van der Waals surface area contributed by atoms with E-state index in [1.54, 1.807) is 0 Å². The van der Waals surface area contributed by atoms with Gasteiger partial charge >= 0.3 is 6.03 Å². The van der Waals surface area contributed by atoms with Crippen molar-refractivity contribution in [1.29, 1.82) is 0 Å². The lowest BCUT2D eigenvalue weighted by Gasteiger charge is -1.97. The van der Waals surface area contributed by atoms with E-state index >= 15 is 0 Å². The minimum absolute atomic E-state index is 0.131. The summed E-state index contributed by atoms with van der Waals surface area (Å²) in [6, 6.07) is -0.538. The number of nitrogens with two attached hydrogens (primary N) is 1. The Bertz CT molecular complexity index is 118. The highest BCUT2D eigenvalue weighted by Gasteiger charge is 1.93. The van der Waals surface area contributed by atoms with Crippen molar-refractivity contribution in [3.05, 3.63) is 0 Å². The number of hydrogen-bond acceptors (Lipinski definition) is 2. The van der Waals surface area contributed by atoms with Crippen molar-refractivity contribution >= 4 is 11.8 Å². The van der Waals surface area contributed by atoms with Crippen molar-refractivity contribution in [3.8, 4) is 0 Å². The Hall–Kier alpha value is -1.06. The molecule has 0 bridgehead atoms. The van der Waals surface area contributed by atoms with Crippen LogP contribution in [-0.2, 0) is 4.79 Å². The van der Waals surface area contributed by atoms with Crippen LogP contribution < -0.4 is 11.1 Å². The van der Waals surface area contributed by atoms with Crippen molar-refractivity contribution in [3.63, 3.8) is 0 Å². The van der Waals surface area contributed by atoms with Crippen LogP contribution in [0.15, 0.2) is 0 Å². The Labute approximate surface area is 59.8 Å². The van der Waals surface area contributed by atoms with Gasteiger partial charge in [-0.25, -0.2) is 4.79 Å². The normalized spacial score (nSPS) is 8.90. The Morgan fingerprint density at radius 3 is 2.50 bits per heavy atom. The van der Waals surface area contributed by atoms with Crippen LogP contribution in [0, 0.1) is 0 Å². The maximum absolute atomic E-state index is 10.3. The second-order valence-electron chi connectivity index (χ2n) is 2.10. The van der Waals surface area contributed by atoms with E-state index in [4.69, 9.17) is 5.73 Å². The number of urea groups is 1. The summed E-state index contributed by atoms with van der Waals surface area (Å²) < 4.78 is 0. The number of ketones is 1. The number of primary amides is 1. The Balaban J connectivity index is 3.06. The fraction of sp³-hybridized carbons (Fsp3) is 0.667. The zero-order valence-corrected chi connectivity index (χ0v) is 6.02. The van der Waals surface area contributed by atoms with Gasteiger partial charge in [-0.3, -0.25) is 0 Å². The molecule has 2 amide bonds. The minimum Gasteiger partial charge on any atom is -0.352 e. The van der Waals surface area contributed by atoms with Crippen LogP contribution in [0.3, 0.4) is 0 Å². The van der Waals surface area contributed by atoms with Gasteiger partial charge in [0.2, 0.25) is 0 Å². The van der Waals surface area contributed by atoms with E-state index in [1.165, 1.54) is 6.92 Å². The number of hydrogen-bond donors (Lipinski definition) is 2. The quantitative estimate of drug-likeness (QED) is 0.546. The van der Waals surface area contributed by atoms with Gasteiger partial charge in [0.25, 0.3) is 0 Å². The molecule has 0 spiro atoms. The molecule has 0 aliphatic heterocycles. The molecule has 3 N–H and O–H groups in total. The zero-order valence-electron chi connectivity index (χ0n) is 6.02. The number of Topliss-reactive ketones (excluding diaryl/α,β-unsaturated/α-hetero) is 1. The smallest absolute Gasteiger partial charge is 0.312 e. The topological polar surface area (TPSA) is 72.2 Å². The Morgan fingerprint density at radius 2 is 2.10 bits per heavy atom. The standard InChI is InChI=1S/C6H12N2O2/c1-5(9)3-2-4-8-6(7)10/h2-4H2,1H3,(H3,7,8,10). The van der Waals surface area contributed by atoms with Crippen LogP contribution in [-0.4, -0.2) is 18.4 Å². The van der Waals surface area contributed by atoms with Crippen molar-refractivity contribution in [1.82, 2.24) is 5.32 Å². The summed E-state index contributed by atoms with van der Waals surface area (Å²) >= 11 is 0. The fourth-order valence-electron chi connectivity index (χ4n) is 0.549. The molecule has 0 rings (SSSR count). The molecule has 0 aliphatic carbocycles. The molecular weight excluding hydrogens is 132 g/mol. The molecular formula is C6H12N2O2. The number of carbonyl (C=O) groups excluding carboxylic acids is 2. The first-order chi connectivity index (χ1) is 4.63. The third kappa shape index (κ3) is 6.94. The summed E-state index contributed by atoms with van der Waals surface area (Å²) in [7, 11) is 0. The Morgan fingerprint density at radius 1 is 1.50 bits per heavy atom. The number of rotatable bonds is 4. The minimum atomic E-state index is -0.538. The van der Waals surface area contributed by atoms with Gasteiger partial charge in [-0.2, -0.15) is 0 Å². The lowest BCUT2D eigenvalue weighted by Crippen LogP contribution is -2.30. The van der Waals surface area contributed by atoms with E-state index in [9.17, 15) is 9.59 Å². The first kappa shape index (κ1) is 8.94. The third-order valence-electron chi connectivity index (χ3n) is 1.00. The van der Waals surface area contributed by atoms with Gasteiger partial charge in [0.05, 0.1) is 0 Å². The van der Waals surface area contributed by atoms with Gasteiger partial charge in [-0.15, -0.1) is 0 Å². The third-order valence-corrected chi connectivity index (χ3v) is 1.00. The average Bonchev–Trinajstić information content (AvgIpc) is 1.79. The molecule has 0 aromatic rings. The lowest BCUT2D eigenvalue weighted by atomic mass is 10.2. The molecule has 0 aliphatic rings. The molecule has 0 atom stereocenters. The molecule has 0 aromatic heterocycles. The molecule has 0 heterocycles. The average molecular weight is 144 g/mol. The molecule has 0 saturated heterocycles.